The van der Waals surface area contributed by atoms with Gasteiger partial charge in [-0.15, -0.1) is 0 Å². The predicted molar refractivity (Wildman–Crippen MR) is 55.3 cm³/mol. The van der Waals surface area contributed by atoms with Gasteiger partial charge in [-0.25, -0.2) is 0 Å². The summed E-state index contributed by atoms with van der Waals surface area (Å²) in [5.41, 5.74) is 8.61. The average molecular weight is 200 g/mol. The van der Waals surface area contributed by atoms with Crippen molar-refractivity contribution in [2.75, 3.05) is 6.54 Å². The second-order valence-electron chi connectivity index (χ2n) is 3.17. The Morgan fingerprint density at radius 2 is 2.08 bits per heavy atom. The van der Waals surface area contributed by atoms with E-state index in [0.29, 0.717) is 11.6 Å². The second-order valence-corrected chi connectivity index (χ2v) is 3.55. The summed E-state index contributed by atoms with van der Waals surface area (Å²) >= 11 is 5.90. The predicted octanol–water partition coefficient (Wildman–Crippen LogP) is 2.16. The molecule has 3 heteroatoms. The summed E-state index contributed by atoms with van der Waals surface area (Å²) in [6, 6.07) is 1.68. The fourth-order valence-electron chi connectivity index (χ4n) is 1.50. The van der Waals surface area contributed by atoms with Gasteiger partial charge in [0.2, 0.25) is 0 Å². The molecule has 72 valence electrons. The number of aryl methyl sites for hydroxylation is 1. The first-order valence-corrected chi connectivity index (χ1v) is 4.63. The zero-order valence-corrected chi connectivity index (χ0v) is 8.65. The van der Waals surface area contributed by atoms with Gasteiger partial charge in [-0.1, -0.05) is 11.6 Å². The summed E-state index contributed by atoms with van der Waals surface area (Å²) in [6.07, 6.45) is 0.803. The van der Waals surface area contributed by atoms with Crippen LogP contribution in [0.4, 0.5) is 0 Å². The Morgan fingerprint density at radius 3 is 2.62 bits per heavy atom. The fourth-order valence-corrected chi connectivity index (χ4v) is 1.67. The Hall–Kier alpha value is -0.730. The summed E-state index contributed by atoms with van der Waals surface area (Å²) in [6.45, 7) is 4.46. The van der Waals surface area contributed by atoms with E-state index in [-0.39, 0.29) is 5.75 Å². The molecule has 0 fully saturated rings. The van der Waals surface area contributed by atoms with Crippen molar-refractivity contribution in [2.45, 2.75) is 20.3 Å². The largest absolute Gasteiger partial charge is 0.506 e. The third-order valence-corrected chi connectivity index (χ3v) is 2.71. The highest BCUT2D eigenvalue weighted by Crippen LogP contribution is 2.31. The summed E-state index contributed by atoms with van der Waals surface area (Å²) in [5, 5.41) is 9.85. The number of hydrogen-bond acceptors (Lipinski definition) is 2. The van der Waals surface area contributed by atoms with Crippen molar-refractivity contribution >= 4 is 11.6 Å². The van der Waals surface area contributed by atoms with Gasteiger partial charge in [0.1, 0.15) is 5.75 Å². The van der Waals surface area contributed by atoms with Crippen LogP contribution in [-0.2, 0) is 6.42 Å². The Morgan fingerprint density at radius 1 is 1.46 bits per heavy atom. The molecule has 0 aliphatic carbocycles. The number of rotatable bonds is 2. The Labute approximate surface area is 83.3 Å². The van der Waals surface area contributed by atoms with Gasteiger partial charge in [0.05, 0.1) is 5.02 Å². The Balaban J connectivity index is 3.26. The van der Waals surface area contributed by atoms with Crippen molar-refractivity contribution in [3.8, 4) is 5.75 Å². The normalized spacial score (nSPS) is 10.5. The molecule has 0 aliphatic heterocycles. The lowest BCUT2D eigenvalue weighted by molar-refractivity contribution is 0.474. The van der Waals surface area contributed by atoms with Gasteiger partial charge in [-0.3, -0.25) is 0 Å². The van der Waals surface area contributed by atoms with Crippen LogP contribution in [0.5, 0.6) is 5.75 Å². The summed E-state index contributed by atoms with van der Waals surface area (Å²) in [4.78, 5) is 0. The van der Waals surface area contributed by atoms with Gasteiger partial charge < -0.3 is 10.8 Å². The molecule has 0 spiro atoms. The molecule has 0 bridgehead atoms. The van der Waals surface area contributed by atoms with E-state index < -0.39 is 0 Å². The molecule has 0 saturated carbocycles. The monoisotopic (exact) mass is 199 g/mol. The lowest BCUT2D eigenvalue weighted by Gasteiger charge is -2.11. The average Bonchev–Trinajstić information content (AvgIpc) is 2.09. The first-order chi connectivity index (χ1) is 6.07. The molecule has 0 amide bonds. The highest BCUT2D eigenvalue weighted by molar-refractivity contribution is 6.32. The maximum Gasteiger partial charge on any atom is 0.134 e. The minimum atomic E-state index is 0.150. The zero-order valence-electron chi connectivity index (χ0n) is 7.89. The van der Waals surface area contributed by atoms with Crippen LogP contribution in [0.25, 0.3) is 0 Å². The van der Waals surface area contributed by atoms with Gasteiger partial charge in [0, 0.05) is 0 Å². The number of phenols is 1. The van der Waals surface area contributed by atoms with E-state index in [1.54, 1.807) is 6.07 Å². The van der Waals surface area contributed by atoms with E-state index in [9.17, 15) is 5.11 Å². The number of halogens is 1. The standard InChI is InChI=1S/C10H14ClNO/c1-6-5-9(13)10(11)7(2)8(6)3-4-12/h5,13H,3-4,12H2,1-2H3. The molecule has 0 saturated heterocycles. The first kappa shape index (κ1) is 10.4. The number of hydrogen-bond donors (Lipinski definition) is 2. The zero-order chi connectivity index (χ0) is 10.0. The molecule has 1 rings (SSSR count). The van der Waals surface area contributed by atoms with Gasteiger partial charge in [-0.2, -0.15) is 0 Å². The summed E-state index contributed by atoms with van der Waals surface area (Å²) < 4.78 is 0. The summed E-state index contributed by atoms with van der Waals surface area (Å²) in [5.74, 6) is 0.150. The Bertz CT molecular complexity index is 323. The number of aromatic hydroxyl groups is 1. The van der Waals surface area contributed by atoms with E-state index in [4.69, 9.17) is 17.3 Å². The van der Waals surface area contributed by atoms with Crippen molar-refractivity contribution in [2.24, 2.45) is 5.73 Å². The molecule has 0 radical (unpaired) electrons. The van der Waals surface area contributed by atoms with Crippen LogP contribution in [0.3, 0.4) is 0 Å². The molecule has 0 aliphatic rings. The van der Waals surface area contributed by atoms with Crippen LogP contribution < -0.4 is 5.73 Å². The van der Waals surface area contributed by atoms with Crippen LogP contribution >= 0.6 is 11.6 Å². The molecule has 1 aromatic rings. The van der Waals surface area contributed by atoms with Crippen LogP contribution in [0, 0.1) is 13.8 Å². The van der Waals surface area contributed by atoms with Crippen LogP contribution in [-0.4, -0.2) is 11.7 Å². The second kappa shape index (κ2) is 3.99. The molecular weight excluding hydrogens is 186 g/mol. The number of phenolic OH excluding ortho intramolecular Hbond substituents is 1. The van der Waals surface area contributed by atoms with E-state index >= 15 is 0 Å². The lowest BCUT2D eigenvalue weighted by Crippen LogP contribution is -2.06. The molecular formula is C10H14ClNO. The van der Waals surface area contributed by atoms with Gasteiger partial charge in [0.25, 0.3) is 0 Å². The van der Waals surface area contributed by atoms with Gasteiger partial charge in [-0.05, 0) is 49.6 Å². The van der Waals surface area contributed by atoms with E-state index in [0.717, 1.165) is 23.1 Å². The van der Waals surface area contributed by atoms with Crippen LogP contribution in [0.1, 0.15) is 16.7 Å². The van der Waals surface area contributed by atoms with E-state index in [2.05, 4.69) is 0 Å². The van der Waals surface area contributed by atoms with E-state index in [1.807, 2.05) is 13.8 Å². The molecule has 13 heavy (non-hydrogen) atoms. The SMILES string of the molecule is Cc1cc(O)c(Cl)c(C)c1CCN. The summed E-state index contributed by atoms with van der Waals surface area (Å²) in [7, 11) is 0. The molecule has 0 heterocycles. The molecule has 2 nitrogen and oxygen atoms in total. The maximum atomic E-state index is 9.41. The van der Waals surface area contributed by atoms with Crippen molar-refractivity contribution in [1.29, 1.82) is 0 Å². The van der Waals surface area contributed by atoms with Crippen molar-refractivity contribution < 1.29 is 5.11 Å². The highest BCUT2D eigenvalue weighted by atomic mass is 35.5. The molecule has 1 aromatic carbocycles. The lowest BCUT2D eigenvalue weighted by atomic mass is 9.99. The highest BCUT2D eigenvalue weighted by Gasteiger charge is 2.09. The number of benzene rings is 1. The third kappa shape index (κ3) is 1.95. The Kier molecular flexibility index (Phi) is 3.17. The topological polar surface area (TPSA) is 46.2 Å². The van der Waals surface area contributed by atoms with Crippen LogP contribution in [0.15, 0.2) is 6.07 Å². The van der Waals surface area contributed by atoms with Gasteiger partial charge >= 0.3 is 0 Å². The third-order valence-electron chi connectivity index (χ3n) is 2.23. The van der Waals surface area contributed by atoms with Crippen molar-refractivity contribution in [3.05, 3.63) is 27.8 Å². The smallest absolute Gasteiger partial charge is 0.134 e. The molecule has 0 atom stereocenters. The van der Waals surface area contributed by atoms with E-state index in [1.165, 1.54) is 0 Å². The van der Waals surface area contributed by atoms with Crippen molar-refractivity contribution in [1.82, 2.24) is 0 Å². The van der Waals surface area contributed by atoms with Crippen LogP contribution in [0.2, 0.25) is 5.02 Å². The number of nitrogens with two attached hydrogens (primary N) is 1. The minimum Gasteiger partial charge on any atom is -0.506 e. The molecule has 0 unspecified atom stereocenters. The van der Waals surface area contributed by atoms with Gasteiger partial charge in [0.15, 0.2) is 0 Å². The molecule has 3 N–H and O–H groups in total. The first-order valence-electron chi connectivity index (χ1n) is 4.25. The van der Waals surface area contributed by atoms with Crippen molar-refractivity contribution in [3.63, 3.8) is 0 Å². The fraction of sp³-hybridized carbons (Fsp3) is 0.400. The quantitative estimate of drug-likeness (QED) is 0.767. The molecule has 0 aromatic heterocycles. The minimum absolute atomic E-state index is 0.150. The maximum absolute atomic E-state index is 9.41.